The SMILES string of the molecule is C=CCNc1nccc(NCc2ccncc2)n1. The average Bonchev–Trinajstić information content (AvgIpc) is 2.44. The van der Waals surface area contributed by atoms with Crippen molar-refractivity contribution in [1.29, 1.82) is 0 Å². The lowest BCUT2D eigenvalue weighted by atomic mass is 10.3. The second-order valence-electron chi connectivity index (χ2n) is 3.64. The van der Waals surface area contributed by atoms with E-state index in [4.69, 9.17) is 0 Å². The lowest BCUT2D eigenvalue weighted by Gasteiger charge is -2.07. The van der Waals surface area contributed by atoms with Crippen LogP contribution in [0.4, 0.5) is 11.8 Å². The maximum absolute atomic E-state index is 4.33. The fourth-order valence-electron chi connectivity index (χ4n) is 1.40. The first-order valence-corrected chi connectivity index (χ1v) is 5.69. The summed E-state index contributed by atoms with van der Waals surface area (Å²) in [5, 5.41) is 6.28. The van der Waals surface area contributed by atoms with Gasteiger partial charge in [0.05, 0.1) is 0 Å². The molecule has 2 aromatic heterocycles. The molecule has 0 spiro atoms. The molecule has 0 atom stereocenters. The Morgan fingerprint density at radius 2 is 1.94 bits per heavy atom. The molecule has 0 aliphatic heterocycles. The van der Waals surface area contributed by atoms with Gasteiger partial charge < -0.3 is 10.6 Å². The Morgan fingerprint density at radius 1 is 1.11 bits per heavy atom. The van der Waals surface area contributed by atoms with Crippen molar-refractivity contribution in [3.8, 4) is 0 Å². The number of hydrogen-bond donors (Lipinski definition) is 2. The fourth-order valence-corrected chi connectivity index (χ4v) is 1.40. The molecule has 2 heterocycles. The number of hydrogen-bond acceptors (Lipinski definition) is 5. The molecule has 0 saturated carbocycles. The molecule has 2 aromatic rings. The molecule has 0 fully saturated rings. The molecule has 92 valence electrons. The average molecular weight is 241 g/mol. The first-order chi connectivity index (χ1) is 8.88. The molecule has 0 saturated heterocycles. The van der Waals surface area contributed by atoms with Crippen molar-refractivity contribution < 1.29 is 0 Å². The molecule has 5 heteroatoms. The van der Waals surface area contributed by atoms with E-state index in [1.165, 1.54) is 0 Å². The fraction of sp³-hybridized carbons (Fsp3) is 0.154. The van der Waals surface area contributed by atoms with Gasteiger partial charge in [0.15, 0.2) is 0 Å². The first-order valence-electron chi connectivity index (χ1n) is 5.69. The van der Waals surface area contributed by atoms with E-state index in [2.05, 4.69) is 32.2 Å². The van der Waals surface area contributed by atoms with Gasteiger partial charge in [0.1, 0.15) is 5.82 Å². The predicted octanol–water partition coefficient (Wildman–Crippen LogP) is 2.08. The highest BCUT2D eigenvalue weighted by atomic mass is 15.1. The first kappa shape index (κ1) is 12.0. The highest BCUT2D eigenvalue weighted by Gasteiger charge is 1.98. The minimum absolute atomic E-state index is 0.592. The second kappa shape index (κ2) is 6.34. The number of anilines is 2. The van der Waals surface area contributed by atoms with E-state index < -0.39 is 0 Å². The van der Waals surface area contributed by atoms with E-state index in [0.29, 0.717) is 19.0 Å². The Bertz CT molecular complexity index is 498. The Kier molecular flexibility index (Phi) is 4.24. The molecule has 0 aliphatic carbocycles. The maximum Gasteiger partial charge on any atom is 0.224 e. The van der Waals surface area contributed by atoms with Crippen LogP contribution < -0.4 is 10.6 Å². The molecule has 0 bridgehead atoms. The summed E-state index contributed by atoms with van der Waals surface area (Å²) < 4.78 is 0. The van der Waals surface area contributed by atoms with Crippen LogP contribution in [0.3, 0.4) is 0 Å². The van der Waals surface area contributed by atoms with Crippen LogP contribution in [-0.2, 0) is 6.54 Å². The van der Waals surface area contributed by atoms with Gasteiger partial charge in [-0.25, -0.2) is 4.98 Å². The van der Waals surface area contributed by atoms with E-state index in [0.717, 1.165) is 11.4 Å². The summed E-state index contributed by atoms with van der Waals surface area (Å²) in [5.41, 5.74) is 1.16. The topological polar surface area (TPSA) is 62.7 Å². The molecule has 0 unspecified atom stereocenters. The Hall–Kier alpha value is -2.43. The summed E-state index contributed by atoms with van der Waals surface area (Å²) in [6.45, 7) is 4.99. The minimum Gasteiger partial charge on any atom is -0.366 e. The minimum atomic E-state index is 0.592. The molecule has 0 aliphatic rings. The van der Waals surface area contributed by atoms with Crippen molar-refractivity contribution in [2.45, 2.75) is 6.54 Å². The quantitative estimate of drug-likeness (QED) is 0.758. The van der Waals surface area contributed by atoms with Crippen molar-refractivity contribution >= 4 is 11.8 Å². The molecule has 2 rings (SSSR count). The van der Waals surface area contributed by atoms with Crippen molar-refractivity contribution in [3.05, 3.63) is 55.0 Å². The van der Waals surface area contributed by atoms with Crippen LogP contribution in [0.2, 0.25) is 0 Å². The molecule has 18 heavy (non-hydrogen) atoms. The maximum atomic E-state index is 4.33. The normalized spacial score (nSPS) is 9.78. The van der Waals surface area contributed by atoms with Gasteiger partial charge in [-0.1, -0.05) is 6.08 Å². The van der Waals surface area contributed by atoms with Crippen molar-refractivity contribution in [1.82, 2.24) is 15.0 Å². The standard InChI is InChI=1S/C13H15N5/c1-2-6-15-13-16-9-5-12(18-13)17-10-11-3-7-14-8-4-11/h2-5,7-9H,1,6,10H2,(H2,15,16,17,18). The van der Waals surface area contributed by atoms with Gasteiger partial charge in [-0.05, 0) is 23.8 Å². The molecular formula is C13H15N5. The van der Waals surface area contributed by atoms with Crippen molar-refractivity contribution in [3.63, 3.8) is 0 Å². The molecule has 5 nitrogen and oxygen atoms in total. The van der Waals surface area contributed by atoms with Gasteiger partial charge in [-0.3, -0.25) is 4.98 Å². The lowest BCUT2D eigenvalue weighted by molar-refractivity contribution is 1.06. The highest BCUT2D eigenvalue weighted by Crippen LogP contribution is 2.07. The zero-order valence-corrected chi connectivity index (χ0v) is 10.0. The van der Waals surface area contributed by atoms with E-state index in [-0.39, 0.29) is 0 Å². The van der Waals surface area contributed by atoms with Crippen LogP contribution in [0.5, 0.6) is 0 Å². The van der Waals surface area contributed by atoms with E-state index in [1.807, 2.05) is 18.2 Å². The Morgan fingerprint density at radius 3 is 2.72 bits per heavy atom. The largest absolute Gasteiger partial charge is 0.366 e. The van der Waals surface area contributed by atoms with Crippen LogP contribution >= 0.6 is 0 Å². The molecule has 0 radical (unpaired) electrons. The monoisotopic (exact) mass is 241 g/mol. The van der Waals surface area contributed by atoms with Crippen LogP contribution in [0.25, 0.3) is 0 Å². The van der Waals surface area contributed by atoms with Crippen LogP contribution in [-0.4, -0.2) is 21.5 Å². The van der Waals surface area contributed by atoms with Crippen LogP contribution in [0.1, 0.15) is 5.56 Å². The van der Waals surface area contributed by atoms with Crippen LogP contribution in [0, 0.1) is 0 Å². The van der Waals surface area contributed by atoms with Crippen LogP contribution in [0.15, 0.2) is 49.4 Å². The van der Waals surface area contributed by atoms with Gasteiger partial charge >= 0.3 is 0 Å². The molecular weight excluding hydrogens is 226 g/mol. The van der Waals surface area contributed by atoms with Gasteiger partial charge in [-0.2, -0.15) is 4.98 Å². The van der Waals surface area contributed by atoms with E-state index in [9.17, 15) is 0 Å². The number of aromatic nitrogens is 3. The van der Waals surface area contributed by atoms with E-state index in [1.54, 1.807) is 24.7 Å². The number of pyridine rings is 1. The summed E-state index contributed by atoms with van der Waals surface area (Å²) in [6.07, 6.45) is 7.02. The summed E-state index contributed by atoms with van der Waals surface area (Å²) in [5.74, 6) is 1.38. The summed E-state index contributed by atoms with van der Waals surface area (Å²) >= 11 is 0. The highest BCUT2D eigenvalue weighted by molar-refractivity contribution is 5.40. The number of nitrogens with zero attached hydrogens (tertiary/aromatic N) is 3. The zero-order valence-electron chi connectivity index (χ0n) is 10.0. The third kappa shape index (κ3) is 3.55. The number of rotatable bonds is 6. The smallest absolute Gasteiger partial charge is 0.224 e. The summed E-state index contributed by atoms with van der Waals surface area (Å²) in [7, 11) is 0. The van der Waals surface area contributed by atoms with Gasteiger partial charge in [0.25, 0.3) is 0 Å². The van der Waals surface area contributed by atoms with Crippen molar-refractivity contribution in [2.75, 3.05) is 17.2 Å². The third-order valence-electron chi connectivity index (χ3n) is 2.28. The second-order valence-corrected chi connectivity index (χ2v) is 3.64. The Balaban J connectivity index is 1.95. The number of nitrogens with one attached hydrogen (secondary N) is 2. The van der Waals surface area contributed by atoms with Gasteiger partial charge in [0, 0.05) is 31.7 Å². The molecule has 0 amide bonds. The third-order valence-corrected chi connectivity index (χ3v) is 2.28. The predicted molar refractivity (Wildman–Crippen MR) is 72.3 cm³/mol. The Labute approximate surface area is 106 Å². The summed E-state index contributed by atoms with van der Waals surface area (Å²) in [6, 6.07) is 5.76. The lowest BCUT2D eigenvalue weighted by Crippen LogP contribution is -2.06. The van der Waals surface area contributed by atoms with Gasteiger partial charge in [0.2, 0.25) is 5.95 Å². The molecule has 2 N–H and O–H groups in total. The van der Waals surface area contributed by atoms with Crippen molar-refractivity contribution in [2.24, 2.45) is 0 Å². The van der Waals surface area contributed by atoms with Gasteiger partial charge in [-0.15, -0.1) is 6.58 Å². The summed E-state index contributed by atoms with van der Waals surface area (Å²) in [4.78, 5) is 12.4. The van der Waals surface area contributed by atoms with E-state index >= 15 is 0 Å². The zero-order chi connectivity index (χ0) is 12.6. The molecule has 0 aromatic carbocycles.